The van der Waals surface area contributed by atoms with Crippen molar-refractivity contribution in [3.8, 4) is 0 Å². The quantitative estimate of drug-likeness (QED) is 0.453. The molecule has 0 radical (unpaired) electrons. The van der Waals surface area contributed by atoms with Crippen molar-refractivity contribution < 1.29 is 19.1 Å². The van der Waals surface area contributed by atoms with Gasteiger partial charge in [0, 0.05) is 11.3 Å². The molecule has 2 aromatic heterocycles. The molecule has 0 unspecified atom stereocenters. The number of rotatable bonds is 4. The minimum atomic E-state index is -0.561. The van der Waals surface area contributed by atoms with Crippen LogP contribution in [0.4, 0.5) is 0 Å². The highest BCUT2D eigenvalue weighted by atomic mass is 32.1. The summed E-state index contributed by atoms with van der Waals surface area (Å²) in [7, 11) is 0. The van der Waals surface area contributed by atoms with E-state index in [4.69, 9.17) is 9.47 Å². The van der Waals surface area contributed by atoms with Crippen LogP contribution < -0.4 is 5.56 Å². The number of benzene rings is 2. The van der Waals surface area contributed by atoms with Crippen molar-refractivity contribution in [1.29, 1.82) is 0 Å². The van der Waals surface area contributed by atoms with Gasteiger partial charge < -0.3 is 14.5 Å². The zero-order chi connectivity index (χ0) is 23.1. The first kappa shape index (κ1) is 21.1. The van der Waals surface area contributed by atoms with Crippen molar-refractivity contribution in [2.45, 2.75) is 33.0 Å². The van der Waals surface area contributed by atoms with E-state index < -0.39 is 18.0 Å². The van der Waals surface area contributed by atoms with Crippen molar-refractivity contribution in [3.05, 3.63) is 97.4 Å². The van der Waals surface area contributed by atoms with Crippen LogP contribution in [0.25, 0.3) is 10.2 Å². The molecule has 0 fully saturated rings. The van der Waals surface area contributed by atoms with Crippen LogP contribution in [-0.4, -0.2) is 21.9 Å². The van der Waals surface area contributed by atoms with E-state index in [1.807, 2.05) is 44.2 Å². The summed E-state index contributed by atoms with van der Waals surface area (Å²) < 4.78 is 11.0. The lowest BCUT2D eigenvalue weighted by Gasteiger charge is -2.25. The van der Waals surface area contributed by atoms with Crippen LogP contribution in [0.3, 0.4) is 0 Å². The fourth-order valence-corrected chi connectivity index (χ4v) is 5.01. The number of ether oxygens (including phenoxy) is 2. The first-order valence-electron chi connectivity index (χ1n) is 10.5. The third-order valence-corrected chi connectivity index (χ3v) is 6.92. The summed E-state index contributed by atoms with van der Waals surface area (Å²) >= 11 is 1.44. The molecule has 0 saturated carbocycles. The highest BCUT2D eigenvalue weighted by Crippen LogP contribution is 2.31. The van der Waals surface area contributed by atoms with Crippen LogP contribution in [-0.2, 0) is 22.5 Å². The normalized spacial score (nSPS) is 15.2. The third-order valence-electron chi connectivity index (χ3n) is 5.81. The molecule has 1 N–H and O–H groups in total. The topological polar surface area (TPSA) is 98.3 Å². The van der Waals surface area contributed by atoms with Gasteiger partial charge in [-0.2, -0.15) is 0 Å². The number of H-pyrrole nitrogens is 1. The standard InChI is InChI=1S/C25H20N2O5S/c1-13-14(2)33-23-21(13)22(28)26-20(27-23)12-31-24(29)16-8-9-18-17(10-16)11-19(32-25(18)30)15-6-4-3-5-7-15/h3-10,19H,11-12H2,1-2H3,(H,26,27,28)/t19-/m1/s1. The van der Waals surface area contributed by atoms with Crippen LogP contribution in [0.5, 0.6) is 0 Å². The Balaban J connectivity index is 1.34. The second-order valence-electron chi connectivity index (χ2n) is 7.93. The fourth-order valence-electron chi connectivity index (χ4n) is 3.96. The SMILES string of the molecule is Cc1sc2nc(COC(=O)c3ccc4c(c3)C[C@H](c3ccccc3)OC4=O)[nH]c(=O)c2c1C. The van der Waals surface area contributed by atoms with Crippen molar-refractivity contribution >= 4 is 33.5 Å². The number of nitrogens with one attached hydrogen (secondary N) is 1. The van der Waals surface area contributed by atoms with E-state index in [0.717, 1.165) is 21.6 Å². The molecule has 166 valence electrons. The lowest BCUT2D eigenvalue weighted by atomic mass is 9.93. The smallest absolute Gasteiger partial charge is 0.339 e. The summed E-state index contributed by atoms with van der Waals surface area (Å²) in [5, 5.41) is 0.571. The van der Waals surface area contributed by atoms with E-state index in [1.165, 1.54) is 17.4 Å². The lowest BCUT2D eigenvalue weighted by Crippen LogP contribution is -2.22. The molecule has 0 amide bonds. The molecular weight excluding hydrogens is 440 g/mol. The molecule has 5 rings (SSSR count). The Hall–Kier alpha value is -3.78. The molecule has 0 saturated heterocycles. The summed E-state index contributed by atoms with van der Waals surface area (Å²) in [6, 6.07) is 14.3. The predicted molar refractivity (Wildman–Crippen MR) is 124 cm³/mol. The van der Waals surface area contributed by atoms with Gasteiger partial charge in [0.1, 0.15) is 23.4 Å². The molecule has 2 aromatic carbocycles. The maximum absolute atomic E-state index is 12.7. The summed E-state index contributed by atoms with van der Waals surface area (Å²) in [4.78, 5) is 46.3. The fraction of sp³-hybridized carbons (Fsp3) is 0.200. The van der Waals surface area contributed by atoms with Crippen LogP contribution >= 0.6 is 11.3 Å². The number of thiophene rings is 1. The Morgan fingerprint density at radius 3 is 2.76 bits per heavy atom. The number of aromatic amines is 1. The zero-order valence-electron chi connectivity index (χ0n) is 18.0. The number of fused-ring (bicyclic) bond motifs is 2. The van der Waals surface area contributed by atoms with Crippen LogP contribution in [0.15, 0.2) is 53.3 Å². The lowest BCUT2D eigenvalue weighted by molar-refractivity contribution is 0.0251. The van der Waals surface area contributed by atoms with Gasteiger partial charge in [0.05, 0.1) is 16.5 Å². The van der Waals surface area contributed by atoms with Crippen LogP contribution in [0.1, 0.15) is 54.2 Å². The molecule has 3 heterocycles. The molecule has 1 aliphatic rings. The third kappa shape index (κ3) is 3.93. The number of nitrogens with zero attached hydrogens (tertiary/aromatic N) is 1. The highest BCUT2D eigenvalue weighted by Gasteiger charge is 2.28. The van der Waals surface area contributed by atoms with Gasteiger partial charge in [0.15, 0.2) is 0 Å². The van der Waals surface area contributed by atoms with E-state index in [0.29, 0.717) is 27.8 Å². The summed E-state index contributed by atoms with van der Waals surface area (Å²) in [6.45, 7) is 3.67. The van der Waals surface area contributed by atoms with E-state index in [2.05, 4.69) is 9.97 Å². The Morgan fingerprint density at radius 2 is 1.97 bits per heavy atom. The van der Waals surface area contributed by atoms with Gasteiger partial charge in [-0.05, 0) is 48.7 Å². The average molecular weight is 461 g/mol. The maximum Gasteiger partial charge on any atom is 0.339 e. The first-order chi connectivity index (χ1) is 15.9. The van der Waals surface area contributed by atoms with E-state index in [1.54, 1.807) is 12.1 Å². The van der Waals surface area contributed by atoms with Crippen molar-refractivity contribution in [2.24, 2.45) is 0 Å². The summed E-state index contributed by atoms with van der Waals surface area (Å²) in [5.41, 5.74) is 3.06. The molecule has 0 bridgehead atoms. The average Bonchev–Trinajstić information content (AvgIpc) is 3.11. The molecule has 1 atom stereocenters. The predicted octanol–water partition coefficient (Wildman–Crippen LogP) is 4.41. The Labute approximate surface area is 193 Å². The van der Waals surface area contributed by atoms with Gasteiger partial charge in [-0.3, -0.25) is 4.79 Å². The molecule has 33 heavy (non-hydrogen) atoms. The van der Waals surface area contributed by atoms with Gasteiger partial charge in [0.2, 0.25) is 0 Å². The molecule has 4 aromatic rings. The van der Waals surface area contributed by atoms with Gasteiger partial charge in [0.25, 0.3) is 5.56 Å². The number of cyclic esters (lactones) is 1. The number of carbonyl (C=O) groups excluding carboxylic acids is 2. The largest absolute Gasteiger partial charge is 0.454 e. The summed E-state index contributed by atoms with van der Waals surface area (Å²) in [5.74, 6) is -0.691. The molecule has 1 aliphatic heterocycles. The number of aryl methyl sites for hydroxylation is 2. The van der Waals surface area contributed by atoms with Crippen LogP contribution in [0.2, 0.25) is 0 Å². The van der Waals surface area contributed by atoms with Gasteiger partial charge in [-0.25, -0.2) is 14.6 Å². The van der Waals surface area contributed by atoms with E-state index >= 15 is 0 Å². The van der Waals surface area contributed by atoms with E-state index in [-0.39, 0.29) is 18.0 Å². The second kappa shape index (κ2) is 8.29. The van der Waals surface area contributed by atoms with Crippen LogP contribution in [0, 0.1) is 13.8 Å². The molecular formula is C25H20N2O5S. The molecule has 7 nitrogen and oxygen atoms in total. The van der Waals surface area contributed by atoms with Gasteiger partial charge in [-0.15, -0.1) is 11.3 Å². The number of hydrogen-bond donors (Lipinski definition) is 1. The minimum absolute atomic E-state index is 0.161. The Morgan fingerprint density at radius 1 is 1.18 bits per heavy atom. The van der Waals surface area contributed by atoms with Crippen molar-refractivity contribution in [3.63, 3.8) is 0 Å². The number of esters is 2. The van der Waals surface area contributed by atoms with Gasteiger partial charge >= 0.3 is 11.9 Å². The number of aromatic nitrogens is 2. The number of carbonyl (C=O) groups is 2. The van der Waals surface area contributed by atoms with Crippen molar-refractivity contribution in [1.82, 2.24) is 9.97 Å². The maximum atomic E-state index is 12.7. The van der Waals surface area contributed by atoms with Gasteiger partial charge in [-0.1, -0.05) is 30.3 Å². The van der Waals surface area contributed by atoms with Crippen molar-refractivity contribution in [2.75, 3.05) is 0 Å². The number of hydrogen-bond acceptors (Lipinski definition) is 7. The molecule has 0 aliphatic carbocycles. The Kier molecular flexibility index (Phi) is 5.30. The molecule has 8 heteroatoms. The molecule has 0 spiro atoms. The Bertz CT molecular complexity index is 1460. The first-order valence-corrected chi connectivity index (χ1v) is 11.3. The zero-order valence-corrected chi connectivity index (χ0v) is 18.8. The summed E-state index contributed by atoms with van der Waals surface area (Å²) in [6.07, 6.45) is 0.0608. The second-order valence-corrected chi connectivity index (χ2v) is 9.14. The van der Waals surface area contributed by atoms with E-state index in [9.17, 15) is 14.4 Å². The minimum Gasteiger partial charge on any atom is -0.454 e. The highest BCUT2D eigenvalue weighted by molar-refractivity contribution is 7.18. The monoisotopic (exact) mass is 460 g/mol.